The fourth-order valence-electron chi connectivity index (χ4n) is 3.61. The van der Waals surface area contributed by atoms with Crippen molar-refractivity contribution in [2.45, 2.75) is 44.6 Å². The van der Waals surface area contributed by atoms with Crippen LogP contribution in [0.2, 0.25) is 5.02 Å². The number of nitrogens with zero attached hydrogens (tertiary/aromatic N) is 3. The van der Waals surface area contributed by atoms with Crippen LogP contribution >= 0.6 is 11.6 Å². The van der Waals surface area contributed by atoms with Gasteiger partial charge in [0, 0.05) is 16.6 Å². The van der Waals surface area contributed by atoms with E-state index in [4.69, 9.17) is 11.6 Å². The predicted molar refractivity (Wildman–Crippen MR) is 113 cm³/mol. The lowest BCUT2D eigenvalue weighted by atomic mass is 10.0. The van der Waals surface area contributed by atoms with Crippen molar-refractivity contribution in [2.24, 2.45) is 0 Å². The number of carbonyl (C=O) groups excluding carboxylic acids is 1. The fraction of sp³-hybridized carbons (Fsp3) is 0.318. The largest absolute Gasteiger partial charge is 0.416 e. The summed E-state index contributed by atoms with van der Waals surface area (Å²) in [5.74, 6) is -0.183. The van der Waals surface area contributed by atoms with E-state index in [2.05, 4.69) is 10.4 Å². The number of rotatable bonds is 6. The Labute approximate surface area is 186 Å². The van der Waals surface area contributed by atoms with E-state index in [0.717, 1.165) is 23.6 Å². The highest BCUT2D eigenvalue weighted by Crippen LogP contribution is 2.37. The molecule has 1 saturated carbocycles. The molecule has 0 radical (unpaired) electrons. The number of hydrogen-bond donors (Lipinski definition) is 1. The molecule has 1 aromatic heterocycles. The molecular weight excluding hydrogens is 445 g/mol. The third-order valence-electron chi connectivity index (χ3n) is 5.29. The standard InChI is InChI=1S/C22H20ClF3N4O2/c1-13(17-4-2-3-5-18(17)22(24,25)26)27-19(31)12-29-21(32)30(16-10-11-16)20(28-29)14-6-8-15(23)9-7-14/h2-9,13,16H,10-12H2,1H3,(H,27,31). The average Bonchev–Trinajstić information content (AvgIpc) is 3.52. The summed E-state index contributed by atoms with van der Waals surface area (Å²) in [4.78, 5) is 25.5. The molecule has 3 aromatic rings. The van der Waals surface area contributed by atoms with Crippen LogP contribution in [-0.4, -0.2) is 20.3 Å². The minimum atomic E-state index is -4.54. The van der Waals surface area contributed by atoms with Crippen molar-refractivity contribution >= 4 is 17.5 Å². The van der Waals surface area contributed by atoms with E-state index < -0.39 is 35.9 Å². The normalized spacial score (nSPS) is 14.9. The first-order chi connectivity index (χ1) is 15.1. The molecule has 1 atom stereocenters. The Kier molecular flexibility index (Phi) is 5.85. The number of nitrogens with one attached hydrogen (secondary N) is 1. The molecule has 2 aromatic carbocycles. The summed E-state index contributed by atoms with van der Waals surface area (Å²) >= 11 is 5.94. The minimum absolute atomic E-state index is 0.0163. The molecule has 0 bridgehead atoms. The quantitative estimate of drug-likeness (QED) is 0.580. The Hall–Kier alpha value is -3.07. The number of amides is 1. The van der Waals surface area contributed by atoms with Gasteiger partial charge in [-0.1, -0.05) is 29.8 Å². The molecule has 1 unspecified atom stereocenters. The first kappa shape index (κ1) is 22.1. The summed E-state index contributed by atoms with van der Waals surface area (Å²) < 4.78 is 42.4. The van der Waals surface area contributed by atoms with Gasteiger partial charge in [0.25, 0.3) is 0 Å². The molecule has 0 aliphatic heterocycles. The van der Waals surface area contributed by atoms with Gasteiger partial charge < -0.3 is 5.32 Å². The second kappa shape index (κ2) is 8.46. The van der Waals surface area contributed by atoms with Crippen molar-refractivity contribution in [3.8, 4) is 11.4 Å². The maximum atomic E-state index is 13.3. The summed E-state index contributed by atoms with van der Waals surface area (Å²) in [5.41, 5.74) is -0.611. The molecule has 10 heteroatoms. The van der Waals surface area contributed by atoms with Gasteiger partial charge in [-0.3, -0.25) is 9.36 Å². The van der Waals surface area contributed by atoms with Gasteiger partial charge in [-0.2, -0.15) is 13.2 Å². The van der Waals surface area contributed by atoms with E-state index in [1.54, 1.807) is 28.8 Å². The summed E-state index contributed by atoms with van der Waals surface area (Å²) in [5, 5.41) is 7.41. The van der Waals surface area contributed by atoms with Crippen LogP contribution in [0, 0.1) is 0 Å². The van der Waals surface area contributed by atoms with Crippen LogP contribution < -0.4 is 11.0 Å². The zero-order chi connectivity index (χ0) is 23.0. The van der Waals surface area contributed by atoms with Gasteiger partial charge in [-0.25, -0.2) is 9.48 Å². The Morgan fingerprint density at radius 3 is 2.47 bits per heavy atom. The van der Waals surface area contributed by atoms with E-state index >= 15 is 0 Å². The fourth-order valence-corrected chi connectivity index (χ4v) is 3.74. The Bertz CT molecular complexity index is 1200. The lowest BCUT2D eigenvalue weighted by Crippen LogP contribution is -2.35. The number of benzene rings is 2. The highest BCUT2D eigenvalue weighted by atomic mass is 35.5. The van der Waals surface area contributed by atoms with Crippen LogP contribution in [-0.2, 0) is 17.5 Å². The van der Waals surface area contributed by atoms with Crippen molar-refractivity contribution in [1.82, 2.24) is 19.7 Å². The van der Waals surface area contributed by atoms with Gasteiger partial charge >= 0.3 is 11.9 Å². The van der Waals surface area contributed by atoms with Crippen LogP contribution in [0.4, 0.5) is 13.2 Å². The molecule has 6 nitrogen and oxygen atoms in total. The third kappa shape index (κ3) is 4.57. The smallest absolute Gasteiger partial charge is 0.348 e. The molecule has 1 aliphatic carbocycles. The highest BCUT2D eigenvalue weighted by Gasteiger charge is 2.35. The zero-order valence-electron chi connectivity index (χ0n) is 17.1. The summed E-state index contributed by atoms with van der Waals surface area (Å²) in [7, 11) is 0. The van der Waals surface area contributed by atoms with Gasteiger partial charge in [0.2, 0.25) is 5.91 Å². The summed E-state index contributed by atoms with van der Waals surface area (Å²) in [6.07, 6.45) is -2.86. The summed E-state index contributed by atoms with van der Waals surface area (Å²) in [6.45, 7) is 1.06. The monoisotopic (exact) mass is 464 g/mol. The second-order valence-electron chi connectivity index (χ2n) is 7.75. The second-order valence-corrected chi connectivity index (χ2v) is 8.18. The number of aromatic nitrogens is 3. The first-order valence-electron chi connectivity index (χ1n) is 10.1. The molecule has 1 N–H and O–H groups in total. The van der Waals surface area contributed by atoms with Gasteiger partial charge in [-0.05, 0) is 55.7 Å². The number of halogens is 4. The molecule has 32 heavy (non-hydrogen) atoms. The van der Waals surface area contributed by atoms with Crippen molar-refractivity contribution in [3.05, 3.63) is 75.2 Å². The SMILES string of the molecule is CC(NC(=O)Cn1nc(-c2ccc(Cl)cc2)n(C2CC2)c1=O)c1ccccc1C(F)(F)F. The molecule has 1 heterocycles. The van der Waals surface area contributed by atoms with Crippen LogP contribution in [0.5, 0.6) is 0 Å². The minimum Gasteiger partial charge on any atom is -0.348 e. The van der Waals surface area contributed by atoms with Gasteiger partial charge in [0.05, 0.1) is 11.6 Å². The average molecular weight is 465 g/mol. The Morgan fingerprint density at radius 2 is 1.84 bits per heavy atom. The molecule has 1 aliphatic rings. The highest BCUT2D eigenvalue weighted by molar-refractivity contribution is 6.30. The molecule has 168 valence electrons. The molecule has 1 amide bonds. The molecule has 0 spiro atoms. The van der Waals surface area contributed by atoms with Crippen LogP contribution in [0.1, 0.15) is 43.0 Å². The third-order valence-corrected chi connectivity index (χ3v) is 5.54. The predicted octanol–water partition coefficient (Wildman–Crippen LogP) is 4.60. The van der Waals surface area contributed by atoms with Gasteiger partial charge in [0.15, 0.2) is 5.82 Å². The lowest BCUT2D eigenvalue weighted by molar-refractivity contribution is -0.138. The van der Waals surface area contributed by atoms with Gasteiger partial charge in [-0.15, -0.1) is 5.10 Å². The van der Waals surface area contributed by atoms with Crippen LogP contribution in [0.3, 0.4) is 0 Å². The van der Waals surface area contributed by atoms with Crippen LogP contribution in [0.15, 0.2) is 53.3 Å². The number of carbonyl (C=O) groups is 1. The maximum absolute atomic E-state index is 13.3. The Morgan fingerprint density at radius 1 is 1.19 bits per heavy atom. The molecular formula is C22H20ClF3N4O2. The lowest BCUT2D eigenvalue weighted by Gasteiger charge is -2.19. The summed E-state index contributed by atoms with van der Waals surface area (Å²) in [6, 6.07) is 11.0. The first-order valence-corrected chi connectivity index (χ1v) is 10.4. The van der Waals surface area contributed by atoms with E-state index in [-0.39, 0.29) is 11.6 Å². The number of alkyl halides is 3. The molecule has 1 fully saturated rings. The maximum Gasteiger partial charge on any atom is 0.416 e. The van der Waals surface area contributed by atoms with E-state index in [0.29, 0.717) is 16.4 Å². The van der Waals surface area contributed by atoms with Crippen molar-refractivity contribution in [2.75, 3.05) is 0 Å². The van der Waals surface area contributed by atoms with Crippen molar-refractivity contribution < 1.29 is 18.0 Å². The zero-order valence-corrected chi connectivity index (χ0v) is 17.8. The van der Waals surface area contributed by atoms with Crippen molar-refractivity contribution in [3.63, 3.8) is 0 Å². The van der Waals surface area contributed by atoms with E-state index in [9.17, 15) is 22.8 Å². The topological polar surface area (TPSA) is 68.9 Å². The van der Waals surface area contributed by atoms with E-state index in [1.165, 1.54) is 25.1 Å². The van der Waals surface area contributed by atoms with E-state index in [1.807, 2.05) is 0 Å². The van der Waals surface area contributed by atoms with Crippen LogP contribution in [0.25, 0.3) is 11.4 Å². The van der Waals surface area contributed by atoms with Gasteiger partial charge in [0.1, 0.15) is 6.54 Å². The molecule has 0 saturated heterocycles. The molecule has 4 rings (SSSR count). The van der Waals surface area contributed by atoms with Crippen molar-refractivity contribution in [1.29, 1.82) is 0 Å². The number of hydrogen-bond acceptors (Lipinski definition) is 3. The Balaban J connectivity index is 1.56.